The molecule has 0 fully saturated rings. The summed E-state index contributed by atoms with van der Waals surface area (Å²) in [6.45, 7) is 0.379. The normalized spacial score (nSPS) is 10.9. The molecule has 0 radical (unpaired) electrons. The molecule has 6 nitrogen and oxygen atoms in total. The lowest BCUT2D eigenvalue weighted by molar-refractivity contribution is -0.120. The van der Waals surface area contributed by atoms with E-state index in [1.165, 1.54) is 22.7 Å². The van der Waals surface area contributed by atoms with Crippen molar-refractivity contribution in [3.05, 3.63) is 68.2 Å². The van der Waals surface area contributed by atoms with E-state index >= 15 is 0 Å². The molecule has 4 rings (SSSR count). The predicted molar refractivity (Wildman–Crippen MR) is 113 cm³/mol. The van der Waals surface area contributed by atoms with E-state index in [1.807, 2.05) is 35.7 Å². The topological polar surface area (TPSA) is 86.9 Å². The number of amides is 2. The maximum absolute atomic E-state index is 12.3. The van der Waals surface area contributed by atoms with Crippen LogP contribution in [-0.2, 0) is 17.8 Å². The van der Waals surface area contributed by atoms with Crippen LogP contribution < -0.4 is 10.6 Å². The van der Waals surface area contributed by atoms with Crippen LogP contribution >= 0.6 is 34.3 Å². The zero-order valence-electron chi connectivity index (χ0n) is 14.5. The Morgan fingerprint density at radius 1 is 1.18 bits per heavy atom. The molecule has 0 saturated carbocycles. The smallest absolute Gasteiger partial charge is 0.266 e. The SMILES string of the molecule is O=C(Cc1cc2c(NC(=O)c3cccs3)[nH]nc2s1)NCc1ccccc1Cl. The van der Waals surface area contributed by atoms with Crippen LogP contribution in [0.25, 0.3) is 10.2 Å². The predicted octanol–water partition coefficient (Wildman–Crippen LogP) is 4.45. The number of hydrogen-bond acceptors (Lipinski definition) is 5. The fourth-order valence-electron chi connectivity index (χ4n) is 2.68. The maximum atomic E-state index is 12.3. The van der Waals surface area contributed by atoms with Gasteiger partial charge in [0.05, 0.1) is 16.7 Å². The Morgan fingerprint density at radius 3 is 2.82 bits per heavy atom. The molecule has 4 aromatic rings. The Balaban J connectivity index is 1.41. The van der Waals surface area contributed by atoms with Gasteiger partial charge in [0.15, 0.2) is 0 Å². The van der Waals surface area contributed by atoms with E-state index in [-0.39, 0.29) is 18.2 Å². The van der Waals surface area contributed by atoms with E-state index in [9.17, 15) is 9.59 Å². The van der Waals surface area contributed by atoms with Crippen LogP contribution in [0.2, 0.25) is 5.02 Å². The van der Waals surface area contributed by atoms with Crippen LogP contribution in [0.15, 0.2) is 47.8 Å². The number of carbonyl (C=O) groups excluding carboxylic acids is 2. The minimum atomic E-state index is -0.189. The second-order valence-electron chi connectivity index (χ2n) is 6.01. The van der Waals surface area contributed by atoms with Gasteiger partial charge in [0.2, 0.25) is 5.91 Å². The van der Waals surface area contributed by atoms with Gasteiger partial charge in [-0.25, -0.2) is 0 Å². The number of anilines is 1. The van der Waals surface area contributed by atoms with Gasteiger partial charge in [-0.1, -0.05) is 35.9 Å². The summed E-state index contributed by atoms with van der Waals surface area (Å²) in [7, 11) is 0. The standard InChI is InChI=1S/C19H15ClN4O2S2/c20-14-5-2-1-4-11(14)10-21-16(25)9-12-8-13-17(23-24-19(13)28-12)22-18(26)15-6-3-7-27-15/h1-8H,9-10H2,(H,21,25)(H2,22,23,24,26). The molecule has 0 aliphatic carbocycles. The molecule has 0 atom stereocenters. The van der Waals surface area contributed by atoms with Crippen LogP contribution in [-0.4, -0.2) is 22.0 Å². The molecule has 0 spiro atoms. The molecule has 142 valence electrons. The number of fused-ring (bicyclic) bond motifs is 1. The lowest BCUT2D eigenvalue weighted by Gasteiger charge is -2.06. The summed E-state index contributed by atoms with van der Waals surface area (Å²) in [5.74, 6) is 0.245. The Morgan fingerprint density at radius 2 is 2.04 bits per heavy atom. The van der Waals surface area contributed by atoms with Crippen molar-refractivity contribution in [3.63, 3.8) is 0 Å². The number of thiophene rings is 2. The minimum absolute atomic E-state index is 0.100. The average Bonchev–Trinajstić information content (AvgIpc) is 3.40. The third-order valence-electron chi connectivity index (χ3n) is 4.05. The van der Waals surface area contributed by atoms with Gasteiger partial charge in [-0.2, -0.15) is 5.10 Å². The van der Waals surface area contributed by atoms with Gasteiger partial charge in [-0.15, -0.1) is 22.7 Å². The van der Waals surface area contributed by atoms with Gasteiger partial charge in [-0.3, -0.25) is 14.7 Å². The van der Waals surface area contributed by atoms with E-state index in [0.29, 0.717) is 22.3 Å². The van der Waals surface area contributed by atoms with Gasteiger partial charge < -0.3 is 10.6 Å². The summed E-state index contributed by atoms with van der Waals surface area (Å²) in [5, 5.41) is 16.0. The molecule has 0 unspecified atom stereocenters. The fourth-order valence-corrected chi connectivity index (χ4v) is 4.49. The highest BCUT2D eigenvalue weighted by atomic mass is 35.5. The number of H-pyrrole nitrogens is 1. The lowest BCUT2D eigenvalue weighted by atomic mass is 10.2. The van der Waals surface area contributed by atoms with Crippen LogP contribution in [0.5, 0.6) is 0 Å². The van der Waals surface area contributed by atoms with Crippen molar-refractivity contribution in [2.24, 2.45) is 0 Å². The summed E-state index contributed by atoms with van der Waals surface area (Å²) < 4.78 is 0. The molecule has 3 N–H and O–H groups in total. The van der Waals surface area contributed by atoms with E-state index in [4.69, 9.17) is 11.6 Å². The second-order valence-corrected chi connectivity index (χ2v) is 8.48. The molecule has 0 aliphatic heterocycles. The molecule has 1 aromatic carbocycles. The molecule has 0 saturated heterocycles. The van der Waals surface area contributed by atoms with E-state index in [0.717, 1.165) is 20.7 Å². The lowest BCUT2D eigenvalue weighted by Crippen LogP contribution is -2.24. The van der Waals surface area contributed by atoms with E-state index in [1.54, 1.807) is 12.1 Å². The number of hydrogen-bond donors (Lipinski definition) is 3. The fraction of sp³-hybridized carbons (Fsp3) is 0.105. The molecular formula is C19H15ClN4O2S2. The summed E-state index contributed by atoms with van der Waals surface area (Å²) >= 11 is 8.90. The first-order valence-corrected chi connectivity index (χ1v) is 10.5. The quantitative estimate of drug-likeness (QED) is 0.422. The maximum Gasteiger partial charge on any atom is 0.266 e. The Kier molecular flexibility index (Phi) is 5.43. The molecule has 3 aromatic heterocycles. The van der Waals surface area contributed by atoms with Gasteiger partial charge >= 0.3 is 0 Å². The summed E-state index contributed by atoms with van der Waals surface area (Å²) in [6, 6.07) is 12.9. The van der Waals surface area contributed by atoms with Crippen LogP contribution in [0.4, 0.5) is 5.82 Å². The number of benzene rings is 1. The molecule has 0 aliphatic rings. The van der Waals surface area contributed by atoms with Crippen molar-refractivity contribution < 1.29 is 9.59 Å². The molecule has 0 bridgehead atoms. The second kappa shape index (κ2) is 8.14. The van der Waals surface area contributed by atoms with Gasteiger partial charge in [0.25, 0.3) is 5.91 Å². The van der Waals surface area contributed by atoms with Crippen LogP contribution in [0.3, 0.4) is 0 Å². The number of nitrogens with zero attached hydrogens (tertiary/aromatic N) is 1. The Labute approximate surface area is 173 Å². The average molecular weight is 431 g/mol. The highest BCUT2D eigenvalue weighted by Crippen LogP contribution is 2.30. The number of aromatic amines is 1. The molecular weight excluding hydrogens is 416 g/mol. The highest BCUT2D eigenvalue weighted by Gasteiger charge is 2.15. The highest BCUT2D eigenvalue weighted by molar-refractivity contribution is 7.18. The van der Waals surface area contributed by atoms with Crippen molar-refractivity contribution in [2.75, 3.05) is 5.32 Å². The van der Waals surface area contributed by atoms with Gasteiger partial charge in [0.1, 0.15) is 10.6 Å². The van der Waals surface area contributed by atoms with Crippen LogP contribution in [0, 0.1) is 0 Å². The third-order valence-corrected chi connectivity index (χ3v) is 6.32. The molecule has 9 heteroatoms. The van der Waals surface area contributed by atoms with E-state index < -0.39 is 0 Å². The zero-order chi connectivity index (χ0) is 19.5. The van der Waals surface area contributed by atoms with Crippen molar-refractivity contribution in [1.82, 2.24) is 15.5 Å². The summed E-state index contributed by atoms with van der Waals surface area (Å²) in [5.41, 5.74) is 0.872. The molecule has 2 amide bonds. The number of halogens is 1. The monoisotopic (exact) mass is 430 g/mol. The Bertz CT molecular complexity index is 1130. The third kappa shape index (κ3) is 4.09. The first kappa shape index (κ1) is 18.7. The summed E-state index contributed by atoms with van der Waals surface area (Å²) in [6.07, 6.45) is 0.240. The summed E-state index contributed by atoms with van der Waals surface area (Å²) in [4.78, 5) is 26.7. The first-order valence-electron chi connectivity index (χ1n) is 8.42. The molecule has 28 heavy (non-hydrogen) atoms. The minimum Gasteiger partial charge on any atom is -0.352 e. The zero-order valence-corrected chi connectivity index (χ0v) is 16.9. The van der Waals surface area contributed by atoms with Gasteiger partial charge in [0, 0.05) is 16.4 Å². The number of carbonyl (C=O) groups is 2. The molecule has 3 heterocycles. The van der Waals surface area contributed by atoms with Crippen molar-refractivity contribution in [2.45, 2.75) is 13.0 Å². The van der Waals surface area contributed by atoms with E-state index in [2.05, 4.69) is 20.8 Å². The largest absolute Gasteiger partial charge is 0.352 e. The van der Waals surface area contributed by atoms with Crippen molar-refractivity contribution >= 4 is 62.1 Å². The Hall–Kier alpha value is -2.68. The number of nitrogens with one attached hydrogen (secondary N) is 3. The van der Waals surface area contributed by atoms with Crippen molar-refractivity contribution in [3.8, 4) is 0 Å². The van der Waals surface area contributed by atoms with Gasteiger partial charge in [-0.05, 0) is 29.1 Å². The van der Waals surface area contributed by atoms with Crippen LogP contribution in [0.1, 0.15) is 20.1 Å². The number of aromatic nitrogens is 2. The first-order chi connectivity index (χ1) is 13.6. The van der Waals surface area contributed by atoms with Crippen molar-refractivity contribution in [1.29, 1.82) is 0 Å². The number of rotatable bonds is 6.